The van der Waals surface area contributed by atoms with Crippen LogP contribution in [0.25, 0.3) is 5.78 Å². The van der Waals surface area contributed by atoms with Gasteiger partial charge in [0.15, 0.2) is 0 Å². The molecular weight excluding hydrogens is 318 g/mol. The smallest absolute Gasteiger partial charge is 0.274 e. The summed E-state index contributed by atoms with van der Waals surface area (Å²) < 4.78 is 1.26. The Morgan fingerprint density at radius 1 is 1.52 bits per heavy atom. The van der Waals surface area contributed by atoms with E-state index in [4.69, 9.17) is 0 Å². The number of amides is 1. The minimum atomic E-state index is -0.229. The number of carbonyl (C=O) groups excluding carboxylic acids is 1. The molecular formula is C14H21N5O3S. The maximum atomic E-state index is 11.9. The maximum absolute atomic E-state index is 11.9. The third-order valence-electron chi connectivity index (χ3n) is 3.35. The van der Waals surface area contributed by atoms with Crippen LogP contribution in [0.4, 0.5) is 0 Å². The zero-order valence-electron chi connectivity index (χ0n) is 13.2. The summed E-state index contributed by atoms with van der Waals surface area (Å²) in [6.45, 7) is 1.66. The van der Waals surface area contributed by atoms with Crippen molar-refractivity contribution in [2.75, 3.05) is 18.6 Å². The number of H-pyrrole nitrogens is 1. The fraction of sp³-hybridized carbons (Fsp3) is 0.571. The normalized spacial score (nSPS) is 12.5. The molecule has 2 aromatic rings. The lowest BCUT2D eigenvalue weighted by atomic mass is 10.2. The number of rotatable bonds is 8. The number of aromatic amines is 1. The van der Waals surface area contributed by atoms with Crippen LogP contribution in [0.1, 0.15) is 24.4 Å². The molecule has 2 rings (SSSR count). The van der Waals surface area contributed by atoms with Crippen molar-refractivity contribution in [2.24, 2.45) is 0 Å². The van der Waals surface area contributed by atoms with Crippen molar-refractivity contribution in [1.29, 1.82) is 0 Å². The van der Waals surface area contributed by atoms with E-state index in [-0.39, 0.29) is 30.5 Å². The van der Waals surface area contributed by atoms with Gasteiger partial charge >= 0.3 is 0 Å². The van der Waals surface area contributed by atoms with Crippen molar-refractivity contribution in [2.45, 2.75) is 32.2 Å². The first kappa shape index (κ1) is 17.5. The highest BCUT2D eigenvalue weighted by Crippen LogP contribution is 2.03. The summed E-state index contributed by atoms with van der Waals surface area (Å²) in [7, 11) is 0. The van der Waals surface area contributed by atoms with Gasteiger partial charge in [0.05, 0.1) is 12.6 Å². The topological polar surface area (TPSA) is 112 Å². The summed E-state index contributed by atoms with van der Waals surface area (Å²) in [6, 6.07) is 1.19. The van der Waals surface area contributed by atoms with E-state index in [1.165, 1.54) is 10.6 Å². The first-order chi connectivity index (χ1) is 11.0. The number of nitrogens with zero attached hydrogens (tertiary/aromatic N) is 3. The second-order valence-electron chi connectivity index (χ2n) is 5.27. The molecule has 0 aliphatic heterocycles. The van der Waals surface area contributed by atoms with Crippen LogP contribution in [0.2, 0.25) is 0 Å². The zero-order chi connectivity index (χ0) is 16.8. The molecule has 3 N–H and O–H groups in total. The van der Waals surface area contributed by atoms with E-state index in [1.54, 1.807) is 18.7 Å². The third kappa shape index (κ3) is 4.80. The van der Waals surface area contributed by atoms with Crippen LogP contribution in [-0.4, -0.2) is 55.3 Å². The summed E-state index contributed by atoms with van der Waals surface area (Å²) in [4.78, 5) is 32.1. The number of hydrogen-bond acceptors (Lipinski definition) is 6. The van der Waals surface area contributed by atoms with E-state index in [2.05, 4.69) is 20.4 Å². The quantitative estimate of drug-likeness (QED) is 0.618. The van der Waals surface area contributed by atoms with E-state index in [0.717, 1.165) is 12.2 Å². The Morgan fingerprint density at radius 3 is 3.00 bits per heavy atom. The number of fused-ring (bicyclic) bond motifs is 1. The number of aliphatic hydroxyl groups excluding tert-OH is 1. The van der Waals surface area contributed by atoms with Gasteiger partial charge < -0.3 is 10.4 Å². The van der Waals surface area contributed by atoms with E-state index in [0.29, 0.717) is 23.7 Å². The van der Waals surface area contributed by atoms with Gasteiger partial charge in [-0.2, -0.15) is 21.3 Å². The van der Waals surface area contributed by atoms with Crippen LogP contribution in [0.5, 0.6) is 0 Å². The molecule has 0 radical (unpaired) electrons. The molecule has 0 bridgehead atoms. The van der Waals surface area contributed by atoms with Crippen molar-refractivity contribution < 1.29 is 9.90 Å². The predicted molar refractivity (Wildman–Crippen MR) is 88.7 cm³/mol. The van der Waals surface area contributed by atoms with Crippen LogP contribution in [0.15, 0.2) is 10.9 Å². The number of thioether (sulfide) groups is 1. The van der Waals surface area contributed by atoms with Crippen LogP contribution in [-0.2, 0) is 11.2 Å². The molecule has 0 spiro atoms. The molecule has 0 aromatic carbocycles. The van der Waals surface area contributed by atoms with Gasteiger partial charge in [0.1, 0.15) is 5.82 Å². The van der Waals surface area contributed by atoms with Crippen LogP contribution in [0.3, 0.4) is 0 Å². The number of carbonyl (C=O) groups is 1. The SMILES string of the molecule is CSCCC(CO)NC(=O)CCc1nc2nc(C)cc(=O)n2[nH]1. The predicted octanol–water partition coefficient (Wildman–Crippen LogP) is -0.111. The molecule has 1 atom stereocenters. The summed E-state index contributed by atoms with van der Waals surface area (Å²) in [5, 5.41) is 14.9. The highest BCUT2D eigenvalue weighted by atomic mass is 32.2. The minimum Gasteiger partial charge on any atom is -0.394 e. The Labute approximate surface area is 137 Å². The van der Waals surface area contributed by atoms with Crippen molar-refractivity contribution >= 4 is 23.4 Å². The van der Waals surface area contributed by atoms with Crippen molar-refractivity contribution in [3.63, 3.8) is 0 Å². The average molecular weight is 339 g/mol. The molecule has 0 aliphatic carbocycles. The van der Waals surface area contributed by atoms with Crippen molar-refractivity contribution in [3.05, 3.63) is 27.9 Å². The molecule has 8 nitrogen and oxygen atoms in total. The summed E-state index contributed by atoms with van der Waals surface area (Å²) >= 11 is 1.67. The number of hydrogen-bond donors (Lipinski definition) is 3. The van der Waals surface area contributed by atoms with Gasteiger partial charge in [0, 0.05) is 24.6 Å². The van der Waals surface area contributed by atoms with Gasteiger partial charge in [-0.05, 0) is 25.4 Å². The van der Waals surface area contributed by atoms with Gasteiger partial charge in [-0.25, -0.2) is 4.98 Å². The maximum Gasteiger partial charge on any atom is 0.274 e. The number of aliphatic hydroxyl groups is 1. The average Bonchev–Trinajstić information content (AvgIpc) is 2.92. The summed E-state index contributed by atoms with van der Waals surface area (Å²) in [5.41, 5.74) is 0.374. The van der Waals surface area contributed by atoms with Crippen LogP contribution < -0.4 is 10.9 Å². The Kier molecular flexibility index (Phi) is 6.17. The zero-order valence-corrected chi connectivity index (χ0v) is 14.0. The van der Waals surface area contributed by atoms with Gasteiger partial charge in [-0.15, -0.1) is 0 Å². The molecule has 2 aromatic heterocycles. The Balaban J connectivity index is 1.94. The molecule has 0 aliphatic rings. The van der Waals surface area contributed by atoms with Gasteiger partial charge in [-0.3, -0.25) is 14.7 Å². The molecule has 0 fully saturated rings. The van der Waals surface area contributed by atoms with Gasteiger partial charge in [0.2, 0.25) is 5.91 Å². The second-order valence-corrected chi connectivity index (χ2v) is 6.26. The Bertz CT molecular complexity index is 727. The van der Waals surface area contributed by atoms with Crippen LogP contribution in [0, 0.1) is 6.92 Å². The minimum absolute atomic E-state index is 0.0739. The lowest BCUT2D eigenvalue weighted by molar-refractivity contribution is -0.122. The monoisotopic (exact) mass is 339 g/mol. The van der Waals surface area contributed by atoms with Gasteiger partial charge in [0.25, 0.3) is 11.3 Å². The van der Waals surface area contributed by atoms with E-state index in [9.17, 15) is 14.7 Å². The fourth-order valence-corrected chi connectivity index (χ4v) is 2.67. The first-order valence-electron chi connectivity index (χ1n) is 7.38. The summed E-state index contributed by atoms with van der Waals surface area (Å²) in [5.74, 6) is 1.56. The van der Waals surface area contributed by atoms with Gasteiger partial charge in [-0.1, -0.05) is 0 Å². The van der Waals surface area contributed by atoms with E-state index < -0.39 is 0 Å². The van der Waals surface area contributed by atoms with E-state index in [1.807, 2.05) is 6.26 Å². The standard InChI is InChI=1S/C14H21N5O3S/c1-9-7-13(22)19-14(15-9)17-11(18-19)3-4-12(21)16-10(8-20)5-6-23-2/h7,10,20H,3-6,8H2,1-2H3,(H,16,21)(H,15,17,18). The lowest BCUT2D eigenvalue weighted by Crippen LogP contribution is -2.38. The highest BCUT2D eigenvalue weighted by molar-refractivity contribution is 7.98. The number of nitrogens with one attached hydrogen (secondary N) is 2. The highest BCUT2D eigenvalue weighted by Gasteiger charge is 2.12. The fourth-order valence-electron chi connectivity index (χ4n) is 2.15. The van der Waals surface area contributed by atoms with E-state index >= 15 is 0 Å². The second kappa shape index (κ2) is 8.11. The molecule has 0 saturated carbocycles. The van der Waals surface area contributed by atoms with Crippen molar-refractivity contribution in [3.8, 4) is 0 Å². The molecule has 1 amide bonds. The molecule has 23 heavy (non-hydrogen) atoms. The molecule has 9 heteroatoms. The number of aromatic nitrogens is 4. The molecule has 0 saturated heterocycles. The van der Waals surface area contributed by atoms with Crippen molar-refractivity contribution in [1.82, 2.24) is 24.9 Å². The molecule has 126 valence electrons. The lowest BCUT2D eigenvalue weighted by Gasteiger charge is -2.15. The Hall–Kier alpha value is -1.87. The van der Waals surface area contributed by atoms with Crippen LogP contribution >= 0.6 is 11.8 Å². The Morgan fingerprint density at radius 2 is 2.30 bits per heavy atom. The number of aryl methyl sites for hydroxylation is 2. The third-order valence-corrected chi connectivity index (χ3v) is 3.99. The largest absolute Gasteiger partial charge is 0.394 e. The first-order valence-corrected chi connectivity index (χ1v) is 8.77. The molecule has 1 unspecified atom stereocenters. The summed E-state index contributed by atoms with van der Waals surface area (Å²) in [6.07, 6.45) is 3.31. The molecule has 2 heterocycles.